The molecule has 2 aromatic heterocycles. The summed E-state index contributed by atoms with van der Waals surface area (Å²) in [5, 5.41) is 0. The second-order valence-electron chi connectivity index (χ2n) is 12.7. The molecule has 0 saturated carbocycles. The van der Waals surface area contributed by atoms with E-state index in [4.69, 9.17) is 16.4 Å². The predicted octanol–water partition coefficient (Wildman–Crippen LogP) is 7.47. The average Bonchev–Trinajstić information content (AvgIpc) is 3.18. The van der Waals surface area contributed by atoms with Crippen LogP contribution >= 0.6 is 10.7 Å². The number of sulfonamides is 2. The Kier molecular flexibility index (Phi) is 17.2. The van der Waals surface area contributed by atoms with Gasteiger partial charge in [0.1, 0.15) is 11.6 Å². The highest BCUT2D eigenvalue weighted by Crippen LogP contribution is 2.28. The zero-order valence-corrected chi connectivity index (χ0v) is 35.1. The number of carbonyl (C=O) groups excluding carboxylic acids is 2. The van der Waals surface area contributed by atoms with E-state index in [1.165, 1.54) is 48.9 Å². The minimum Gasteiger partial charge on any atom is -0.399 e. The molecule has 0 amide bonds. The largest absolute Gasteiger partial charge is 0.399 e. The van der Waals surface area contributed by atoms with E-state index < -0.39 is 69.4 Å². The first-order valence-corrected chi connectivity index (χ1v) is 23.5. The third kappa shape index (κ3) is 12.8. The Labute approximate surface area is 352 Å². The van der Waals surface area contributed by atoms with Crippen LogP contribution in [-0.4, -0.2) is 74.0 Å². The fourth-order valence-corrected chi connectivity index (χ4v) is 10.5. The van der Waals surface area contributed by atoms with Crippen LogP contribution in [0.15, 0.2) is 97.6 Å². The van der Waals surface area contributed by atoms with Crippen LogP contribution in [0.5, 0.6) is 0 Å². The van der Waals surface area contributed by atoms with Gasteiger partial charge in [-0.1, -0.05) is 28.2 Å². The molecule has 2 N–H and O–H groups in total. The van der Waals surface area contributed by atoms with Crippen molar-refractivity contribution in [3.63, 3.8) is 0 Å². The van der Waals surface area contributed by atoms with Gasteiger partial charge in [0, 0.05) is 52.3 Å². The molecule has 0 atom stereocenters. The van der Waals surface area contributed by atoms with Crippen molar-refractivity contribution in [2.24, 2.45) is 0 Å². The van der Waals surface area contributed by atoms with Crippen molar-refractivity contribution in [3.8, 4) is 0 Å². The zero-order valence-electron chi connectivity index (χ0n) is 31.9. The van der Waals surface area contributed by atoms with Crippen LogP contribution in [-0.2, 0) is 29.1 Å². The number of hydrogen-bond donors (Lipinski definition) is 1. The smallest absolute Gasteiger partial charge is 0.248 e. The maximum atomic E-state index is 14.6. The highest BCUT2D eigenvalue weighted by Gasteiger charge is 2.34. The van der Waals surface area contributed by atoms with E-state index >= 15 is 0 Å². The number of benzene rings is 4. The van der Waals surface area contributed by atoms with Gasteiger partial charge in [0.15, 0.2) is 11.6 Å². The third-order valence-corrected chi connectivity index (χ3v) is 14.0. The molecule has 0 radical (unpaired) electrons. The Hall–Kier alpha value is -5.50. The Balaban J connectivity index is 0.000000291. The van der Waals surface area contributed by atoms with E-state index in [-0.39, 0.29) is 42.8 Å². The molecule has 20 heteroatoms. The summed E-state index contributed by atoms with van der Waals surface area (Å²) in [5.41, 5.74) is 7.81. The summed E-state index contributed by atoms with van der Waals surface area (Å²) in [4.78, 5) is 41.8. The van der Waals surface area contributed by atoms with E-state index in [0.717, 1.165) is 18.2 Å². The van der Waals surface area contributed by atoms with Gasteiger partial charge in [-0.3, -0.25) is 29.5 Å². The molecule has 2 heterocycles. The van der Waals surface area contributed by atoms with Crippen molar-refractivity contribution in [2.45, 2.75) is 47.5 Å². The van der Waals surface area contributed by atoms with Gasteiger partial charge < -0.3 is 5.73 Å². The highest BCUT2D eigenvalue weighted by molar-refractivity contribution is 8.13. The zero-order chi connectivity index (χ0) is 43.5. The number of halogens is 3. The number of hydrogen-bond acceptors (Lipinski definition) is 13. The molecule has 0 aliphatic carbocycles. The van der Waals surface area contributed by atoms with Crippen LogP contribution in [0.25, 0.3) is 22.1 Å². The van der Waals surface area contributed by atoms with Gasteiger partial charge in [0.2, 0.25) is 29.1 Å². The number of fused-ring (bicyclic) bond motifs is 2. The number of aromatic nitrogens is 4. The lowest BCUT2D eigenvalue weighted by Crippen LogP contribution is -2.40. The Morgan fingerprint density at radius 1 is 0.583 bits per heavy atom. The molecule has 0 saturated heterocycles. The number of nitrogen functional groups attached to an aromatic ring is 1. The van der Waals surface area contributed by atoms with E-state index in [1.54, 1.807) is 51.2 Å². The summed E-state index contributed by atoms with van der Waals surface area (Å²) in [6, 6.07) is 16.1. The van der Waals surface area contributed by atoms with E-state index in [9.17, 15) is 43.6 Å². The van der Waals surface area contributed by atoms with Gasteiger partial charge in [-0.05, 0) is 92.1 Å². The lowest BCUT2D eigenvalue weighted by atomic mass is 10.0. The Morgan fingerprint density at radius 2 is 0.983 bits per heavy atom. The fourth-order valence-electron chi connectivity index (χ4n) is 5.46. The van der Waals surface area contributed by atoms with Crippen molar-refractivity contribution in [3.05, 3.63) is 131 Å². The first kappa shape index (κ1) is 48.9. The van der Waals surface area contributed by atoms with Crippen molar-refractivity contribution in [1.29, 1.82) is 0 Å². The van der Waals surface area contributed by atoms with Crippen LogP contribution in [0.1, 0.15) is 79.3 Å². The lowest BCUT2D eigenvalue weighted by Gasteiger charge is -2.24. The lowest BCUT2D eigenvalue weighted by molar-refractivity contribution is 0.102. The topological polar surface area (TPSA) is 217 Å². The summed E-state index contributed by atoms with van der Waals surface area (Å²) in [6.07, 6.45) is 7.02. The third-order valence-electron chi connectivity index (χ3n) is 7.98. The number of ketones is 2. The molecular formula is C40H43ClF2N6O8S3. The van der Waals surface area contributed by atoms with E-state index in [1.807, 2.05) is 0 Å². The summed E-state index contributed by atoms with van der Waals surface area (Å²) in [5.74, 6) is -3.42. The molecular weight excluding hydrogens is 862 g/mol. The molecule has 0 aliphatic rings. The first-order chi connectivity index (χ1) is 27.8. The van der Waals surface area contributed by atoms with Gasteiger partial charge in [-0.25, -0.2) is 34.0 Å². The number of nitrogens with zero attached hydrogens (tertiary/aromatic N) is 5. The maximum Gasteiger partial charge on any atom is 0.248 e. The first-order valence-electron chi connectivity index (χ1n) is 17.9. The molecule has 0 spiro atoms. The monoisotopic (exact) mass is 904 g/mol. The molecule has 4 aromatic carbocycles. The fraction of sp³-hybridized carbons (Fsp3) is 0.250. The van der Waals surface area contributed by atoms with Gasteiger partial charge in [0.05, 0.1) is 56.1 Å². The summed E-state index contributed by atoms with van der Waals surface area (Å²) < 4.78 is 99.8. The minimum absolute atomic E-state index is 0. The minimum atomic E-state index is -4.26. The van der Waals surface area contributed by atoms with Crippen molar-refractivity contribution in [1.82, 2.24) is 19.9 Å². The highest BCUT2D eigenvalue weighted by atomic mass is 35.7. The number of anilines is 2. The summed E-state index contributed by atoms with van der Waals surface area (Å²) >= 11 is 0. The summed E-state index contributed by atoms with van der Waals surface area (Å²) in [7, 11) is -6.92. The molecule has 0 bridgehead atoms. The van der Waals surface area contributed by atoms with Crippen molar-refractivity contribution in [2.75, 3.05) is 26.7 Å². The van der Waals surface area contributed by atoms with Crippen molar-refractivity contribution >= 4 is 84.8 Å². The molecule has 0 fully saturated rings. The van der Waals surface area contributed by atoms with Crippen LogP contribution < -0.4 is 9.44 Å². The quantitative estimate of drug-likeness (QED) is 0.0677. The number of carbonyl (C=O) groups is 2. The van der Waals surface area contributed by atoms with Crippen LogP contribution in [0.3, 0.4) is 0 Å². The van der Waals surface area contributed by atoms with Gasteiger partial charge in [0.25, 0.3) is 0 Å². The molecule has 320 valence electrons. The van der Waals surface area contributed by atoms with Crippen LogP contribution in [0.2, 0.25) is 0 Å². The molecule has 14 nitrogen and oxygen atoms in total. The van der Waals surface area contributed by atoms with Gasteiger partial charge >= 0.3 is 0 Å². The number of rotatable bonds is 13. The summed E-state index contributed by atoms with van der Waals surface area (Å²) in [6.45, 7) is 4.97. The molecule has 6 aromatic rings. The second kappa shape index (κ2) is 21.1. The molecule has 0 aliphatic heterocycles. The maximum absolute atomic E-state index is 14.6. The number of nitrogens with two attached hydrogens (primary N) is 1. The standard InChI is InChI=1S/C21H22FN3O5S2.C15H10FN3O.C3H7ClO2S.CH4/c1-3-11-31(27,28)25(32(29,30)12-4-2)16-6-7-18(22)17(14-16)21(26)15-5-8-19-20(13-15)24-10-9-23-19;16-12-3-2-10(17)8-11(12)15(20)9-1-4-13-14(7-9)19-6-5-18-13;1-2-3-7(4,5)6;/h5-10,13-14H,3-4,11-12H2,1-2H3;1-8H,17H2;2-3H2,1H3;1H4. The molecule has 0 unspecified atom stereocenters. The SMILES string of the molecule is C.CCCS(=O)(=O)Cl.CCCS(=O)(=O)N(c1ccc(F)c(C(=O)c2ccc3nccnc3c2)c1)S(=O)(=O)CCC.Nc1ccc(F)c(C(=O)c2ccc3nccnc3c2)c1. The predicted molar refractivity (Wildman–Crippen MR) is 230 cm³/mol. The Morgan fingerprint density at radius 3 is 1.38 bits per heavy atom. The van der Waals surface area contributed by atoms with Gasteiger partial charge in [-0.15, -0.1) is 0 Å². The average molecular weight is 905 g/mol. The van der Waals surface area contributed by atoms with Crippen molar-refractivity contribution < 1.29 is 43.6 Å². The molecule has 6 rings (SSSR count). The second-order valence-corrected chi connectivity index (χ2v) is 19.7. The molecule has 60 heavy (non-hydrogen) atoms. The van der Waals surface area contributed by atoms with Crippen LogP contribution in [0, 0.1) is 11.6 Å². The Bertz CT molecular complexity index is 2800. The van der Waals surface area contributed by atoms with Gasteiger partial charge in [-0.2, -0.15) is 3.71 Å². The van der Waals surface area contributed by atoms with E-state index in [2.05, 4.69) is 19.9 Å². The van der Waals surface area contributed by atoms with E-state index in [0.29, 0.717) is 43.4 Å². The normalized spacial score (nSPS) is 11.4. The van der Waals surface area contributed by atoms with Crippen LogP contribution in [0.4, 0.5) is 20.2 Å².